The minimum atomic E-state index is -2.98. The van der Waals surface area contributed by atoms with Crippen LogP contribution in [0, 0.1) is 0 Å². The Morgan fingerprint density at radius 3 is 2.71 bits per heavy atom. The molecule has 0 radical (unpaired) electrons. The molecule has 1 aromatic heterocycles. The molecular weight excluding hydrogens is 256 g/mol. The van der Waals surface area contributed by atoms with Crippen molar-refractivity contribution >= 4 is 21.2 Å². The van der Waals surface area contributed by atoms with Crippen LogP contribution in [-0.4, -0.2) is 25.7 Å². The summed E-state index contributed by atoms with van der Waals surface area (Å²) in [5.74, 6) is 0.0636. The monoisotopic (exact) mass is 274 g/mol. The average molecular weight is 274 g/mol. The quantitative estimate of drug-likeness (QED) is 0.854. The lowest BCUT2D eigenvalue weighted by Crippen LogP contribution is -2.15. The Hall–Kier alpha value is -0.460. The fourth-order valence-corrected chi connectivity index (χ4v) is 3.96. The maximum absolute atomic E-state index is 11.2. The van der Waals surface area contributed by atoms with Gasteiger partial charge in [0.25, 0.3) is 0 Å². The van der Waals surface area contributed by atoms with Crippen LogP contribution >= 0.6 is 11.3 Å². The third-order valence-corrected chi connectivity index (χ3v) is 4.75. The zero-order valence-electron chi connectivity index (χ0n) is 10.2. The summed E-state index contributed by atoms with van der Waals surface area (Å²) >= 11 is 1.53. The number of aromatic nitrogens is 1. The van der Waals surface area contributed by atoms with Crippen molar-refractivity contribution in [2.75, 3.05) is 6.26 Å². The molecule has 0 aliphatic heterocycles. The number of nitrogens with one attached hydrogen (secondary N) is 1. The highest BCUT2D eigenvalue weighted by molar-refractivity contribution is 7.90. The van der Waals surface area contributed by atoms with E-state index in [1.807, 2.05) is 0 Å². The lowest BCUT2D eigenvalue weighted by Gasteiger charge is -2.00. The number of nitrogens with zero attached hydrogens (tertiary/aromatic N) is 1. The van der Waals surface area contributed by atoms with E-state index in [9.17, 15) is 8.42 Å². The fourth-order valence-electron chi connectivity index (χ4n) is 1.66. The van der Waals surface area contributed by atoms with Gasteiger partial charge in [0, 0.05) is 23.7 Å². The molecule has 1 heterocycles. The van der Waals surface area contributed by atoms with Gasteiger partial charge in [-0.15, -0.1) is 11.3 Å². The van der Waals surface area contributed by atoms with Crippen molar-refractivity contribution in [3.8, 4) is 0 Å². The van der Waals surface area contributed by atoms with Crippen LogP contribution in [0.4, 0.5) is 0 Å². The zero-order valence-corrected chi connectivity index (χ0v) is 11.8. The van der Waals surface area contributed by atoms with E-state index in [1.165, 1.54) is 35.3 Å². The van der Waals surface area contributed by atoms with E-state index in [0.29, 0.717) is 6.04 Å². The standard InChI is InChI=1S/C11H18N2O2S2/c1-3-9-10(6-12-8-4-5-8)16-11(13-9)7-17(2,14)15/h8,12H,3-7H2,1-2H3. The molecule has 1 aliphatic carbocycles. The van der Waals surface area contributed by atoms with Gasteiger partial charge >= 0.3 is 0 Å². The summed E-state index contributed by atoms with van der Waals surface area (Å²) in [6.07, 6.45) is 4.64. The van der Waals surface area contributed by atoms with Gasteiger partial charge in [0.1, 0.15) is 10.8 Å². The van der Waals surface area contributed by atoms with E-state index in [-0.39, 0.29) is 5.75 Å². The van der Waals surface area contributed by atoms with Gasteiger partial charge < -0.3 is 5.32 Å². The van der Waals surface area contributed by atoms with Gasteiger partial charge in [-0.2, -0.15) is 0 Å². The molecule has 6 heteroatoms. The summed E-state index contributed by atoms with van der Waals surface area (Å²) in [5.41, 5.74) is 1.04. The maximum Gasteiger partial charge on any atom is 0.153 e. The van der Waals surface area contributed by atoms with Crippen molar-refractivity contribution in [3.05, 3.63) is 15.6 Å². The summed E-state index contributed by atoms with van der Waals surface area (Å²) < 4.78 is 22.5. The summed E-state index contributed by atoms with van der Waals surface area (Å²) in [5, 5.41) is 4.16. The molecule has 0 unspecified atom stereocenters. The lowest BCUT2D eigenvalue weighted by molar-refractivity contribution is 0.601. The molecule has 1 aliphatic rings. The van der Waals surface area contributed by atoms with Crippen LogP contribution in [0.5, 0.6) is 0 Å². The van der Waals surface area contributed by atoms with Crippen molar-refractivity contribution < 1.29 is 8.42 Å². The van der Waals surface area contributed by atoms with Gasteiger partial charge in [0.15, 0.2) is 9.84 Å². The molecule has 0 aromatic carbocycles. The molecule has 0 saturated heterocycles. The predicted octanol–water partition coefficient (Wildman–Crippen LogP) is 1.50. The SMILES string of the molecule is CCc1nc(CS(C)(=O)=O)sc1CNC1CC1. The summed E-state index contributed by atoms with van der Waals surface area (Å²) in [4.78, 5) is 5.60. The zero-order chi connectivity index (χ0) is 12.5. The molecule has 96 valence electrons. The first kappa shape index (κ1) is 13.0. The molecule has 4 nitrogen and oxygen atoms in total. The Morgan fingerprint density at radius 2 is 2.18 bits per heavy atom. The first-order chi connectivity index (χ1) is 7.98. The molecule has 2 rings (SSSR count). The van der Waals surface area contributed by atoms with E-state index in [0.717, 1.165) is 23.7 Å². The van der Waals surface area contributed by atoms with Gasteiger partial charge in [0.2, 0.25) is 0 Å². The Kier molecular flexibility index (Phi) is 3.85. The number of hydrogen-bond donors (Lipinski definition) is 1. The Balaban J connectivity index is 2.07. The normalized spacial score (nSPS) is 16.4. The van der Waals surface area contributed by atoms with Gasteiger partial charge in [-0.25, -0.2) is 13.4 Å². The molecule has 0 amide bonds. The van der Waals surface area contributed by atoms with Gasteiger partial charge in [0.05, 0.1) is 5.69 Å². The minimum Gasteiger partial charge on any atom is -0.309 e. The van der Waals surface area contributed by atoms with Gasteiger partial charge in [-0.1, -0.05) is 6.92 Å². The highest BCUT2D eigenvalue weighted by Gasteiger charge is 2.21. The van der Waals surface area contributed by atoms with E-state index < -0.39 is 9.84 Å². The molecule has 1 N–H and O–H groups in total. The van der Waals surface area contributed by atoms with E-state index >= 15 is 0 Å². The van der Waals surface area contributed by atoms with Crippen LogP contribution in [-0.2, 0) is 28.6 Å². The molecule has 0 spiro atoms. The number of aryl methyl sites for hydroxylation is 1. The number of rotatable bonds is 6. The minimum absolute atomic E-state index is 0.0636. The lowest BCUT2D eigenvalue weighted by atomic mass is 10.3. The number of thiazole rings is 1. The highest BCUT2D eigenvalue weighted by atomic mass is 32.2. The first-order valence-corrected chi connectivity index (χ1v) is 8.74. The summed E-state index contributed by atoms with van der Waals surface area (Å²) in [6, 6.07) is 0.667. The van der Waals surface area contributed by atoms with Crippen molar-refractivity contribution in [2.45, 2.75) is 44.5 Å². The summed E-state index contributed by atoms with van der Waals surface area (Å²) in [6.45, 7) is 2.88. The Bertz CT molecular complexity index is 490. The molecule has 0 bridgehead atoms. The molecular formula is C11H18N2O2S2. The molecule has 1 fully saturated rings. The molecule has 1 saturated carbocycles. The topological polar surface area (TPSA) is 59.1 Å². The van der Waals surface area contributed by atoms with E-state index in [2.05, 4.69) is 17.2 Å². The van der Waals surface area contributed by atoms with Crippen molar-refractivity contribution in [1.82, 2.24) is 10.3 Å². The van der Waals surface area contributed by atoms with Crippen LogP contribution in [0.1, 0.15) is 35.3 Å². The molecule has 0 atom stereocenters. The van der Waals surface area contributed by atoms with Crippen LogP contribution in [0.2, 0.25) is 0 Å². The maximum atomic E-state index is 11.2. The number of hydrogen-bond acceptors (Lipinski definition) is 5. The Labute approximate surface area is 106 Å². The third-order valence-electron chi connectivity index (χ3n) is 2.67. The van der Waals surface area contributed by atoms with Gasteiger partial charge in [-0.05, 0) is 19.3 Å². The van der Waals surface area contributed by atoms with Crippen LogP contribution < -0.4 is 5.32 Å². The summed E-state index contributed by atoms with van der Waals surface area (Å²) in [7, 11) is -2.98. The second-order valence-corrected chi connectivity index (χ2v) is 7.86. The van der Waals surface area contributed by atoms with E-state index in [1.54, 1.807) is 0 Å². The van der Waals surface area contributed by atoms with Crippen LogP contribution in [0.3, 0.4) is 0 Å². The third kappa shape index (κ3) is 4.04. The highest BCUT2D eigenvalue weighted by Crippen LogP contribution is 2.24. The average Bonchev–Trinajstić information content (AvgIpc) is 2.96. The van der Waals surface area contributed by atoms with Gasteiger partial charge in [-0.3, -0.25) is 0 Å². The molecule has 1 aromatic rings. The van der Waals surface area contributed by atoms with Crippen molar-refractivity contribution in [2.24, 2.45) is 0 Å². The van der Waals surface area contributed by atoms with Crippen LogP contribution in [0.25, 0.3) is 0 Å². The second-order valence-electron chi connectivity index (χ2n) is 4.56. The van der Waals surface area contributed by atoms with Crippen molar-refractivity contribution in [1.29, 1.82) is 0 Å². The van der Waals surface area contributed by atoms with Crippen molar-refractivity contribution in [3.63, 3.8) is 0 Å². The fraction of sp³-hybridized carbons (Fsp3) is 0.727. The predicted molar refractivity (Wildman–Crippen MR) is 69.9 cm³/mol. The first-order valence-electron chi connectivity index (χ1n) is 5.86. The molecule has 17 heavy (non-hydrogen) atoms. The number of sulfone groups is 1. The second kappa shape index (κ2) is 5.04. The van der Waals surface area contributed by atoms with Crippen LogP contribution in [0.15, 0.2) is 0 Å². The smallest absolute Gasteiger partial charge is 0.153 e. The largest absolute Gasteiger partial charge is 0.309 e. The van der Waals surface area contributed by atoms with E-state index in [4.69, 9.17) is 0 Å². The Morgan fingerprint density at radius 1 is 1.47 bits per heavy atom.